The Morgan fingerprint density at radius 3 is 2.22 bits per heavy atom. The van der Waals surface area contributed by atoms with E-state index in [9.17, 15) is 0 Å². The number of aryl methyl sites for hydroxylation is 1. The van der Waals surface area contributed by atoms with Crippen LogP contribution in [0.2, 0.25) is 0 Å². The van der Waals surface area contributed by atoms with E-state index >= 15 is 0 Å². The first kappa shape index (κ1) is 12.0. The minimum Gasteiger partial charge on any atom is -0.739 e. The third kappa shape index (κ3) is 3.07. The van der Waals surface area contributed by atoms with Crippen LogP contribution in [-0.2, 0) is 19.7 Å². The van der Waals surface area contributed by atoms with Gasteiger partial charge in [0.25, 0.3) is 0 Å². The fraction of sp³-hybridized carbons (Fsp3) is 0.500. The summed E-state index contributed by atoms with van der Waals surface area (Å²) in [6.07, 6.45) is 0. The molecular formula is C2H5N4NaOS. The minimum absolute atomic E-state index is 0. The van der Waals surface area contributed by atoms with Gasteiger partial charge in [-0.3, -0.25) is 4.68 Å². The predicted octanol–water partition coefficient (Wildman–Crippen LogP) is -4.70. The zero-order valence-corrected chi connectivity index (χ0v) is 8.01. The summed E-state index contributed by atoms with van der Waals surface area (Å²) in [6, 6.07) is 0. The Morgan fingerprint density at radius 2 is 2.11 bits per heavy atom. The molecule has 0 aliphatic heterocycles. The molecule has 0 saturated carbocycles. The number of rotatable bonds is 0. The molecule has 1 rings (SSSR count). The Morgan fingerprint density at radius 1 is 1.56 bits per heavy atom. The summed E-state index contributed by atoms with van der Waals surface area (Å²) in [7, 11) is 1.70. The van der Waals surface area contributed by atoms with E-state index in [1.165, 1.54) is 4.68 Å². The molecule has 5 nitrogen and oxygen atoms in total. The average molecular weight is 156 g/mol. The van der Waals surface area contributed by atoms with Gasteiger partial charge in [0.15, 0.2) is 0 Å². The smallest absolute Gasteiger partial charge is 0.739 e. The van der Waals surface area contributed by atoms with E-state index in [2.05, 4.69) is 28.2 Å². The summed E-state index contributed by atoms with van der Waals surface area (Å²) >= 11 is 4.61. The number of tetrazole rings is 1. The zero-order valence-electron chi connectivity index (χ0n) is 5.20. The van der Waals surface area contributed by atoms with Gasteiger partial charge in [0.1, 0.15) is 0 Å². The van der Waals surface area contributed by atoms with Crippen molar-refractivity contribution in [3.05, 3.63) is 0 Å². The van der Waals surface area contributed by atoms with Crippen LogP contribution in [0.5, 0.6) is 0 Å². The summed E-state index contributed by atoms with van der Waals surface area (Å²) in [4.78, 5) is 0. The van der Waals surface area contributed by atoms with Gasteiger partial charge < -0.3 is 18.1 Å². The molecule has 1 aromatic heterocycles. The van der Waals surface area contributed by atoms with Crippen molar-refractivity contribution in [2.75, 3.05) is 0 Å². The topological polar surface area (TPSA) is 75.1 Å². The second-order valence-corrected chi connectivity index (χ2v) is 1.45. The molecule has 0 atom stereocenters. The molecule has 7 heteroatoms. The van der Waals surface area contributed by atoms with Crippen LogP contribution >= 0.6 is 0 Å². The van der Waals surface area contributed by atoms with E-state index < -0.39 is 0 Å². The van der Waals surface area contributed by atoms with Crippen molar-refractivity contribution in [1.82, 2.24) is 20.2 Å². The second kappa shape index (κ2) is 5.07. The van der Waals surface area contributed by atoms with Crippen LogP contribution in [0, 0.1) is 0 Å². The molecule has 9 heavy (non-hydrogen) atoms. The van der Waals surface area contributed by atoms with Gasteiger partial charge in [0.05, 0.1) is 0 Å². The van der Waals surface area contributed by atoms with Gasteiger partial charge in [-0.1, -0.05) is 0 Å². The Balaban J connectivity index is 0. The van der Waals surface area contributed by atoms with Gasteiger partial charge in [-0.15, -0.1) is 5.10 Å². The molecule has 0 radical (unpaired) electrons. The molecule has 1 heterocycles. The van der Waals surface area contributed by atoms with Crippen molar-refractivity contribution in [3.63, 3.8) is 0 Å². The SMILES string of the molecule is Cn1nnnc1[S-].O.[Na+]. The van der Waals surface area contributed by atoms with E-state index in [0.717, 1.165) is 0 Å². The summed E-state index contributed by atoms with van der Waals surface area (Å²) in [6.45, 7) is 0. The fourth-order valence-electron chi connectivity index (χ4n) is 0.221. The van der Waals surface area contributed by atoms with Crippen LogP contribution in [0.1, 0.15) is 0 Å². The van der Waals surface area contributed by atoms with Crippen molar-refractivity contribution < 1.29 is 35.0 Å². The average Bonchev–Trinajstić information content (AvgIpc) is 1.91. The van der Waals surface area contributed by atoms with Crippen molar-refractivity contribution in [2.24, 2.45) is 7.05 Å². The fourth-order valence-corrected chi connectivity index (χ4v) is 0.294. The zero-order chi connectivity index (χ0) is 5.28. The maximum atomic E-state index is 4.61. The molecule has 0 aromatic carbocycles. The normalized spacial score (nSPS) is 7.22. The minimum atomic E-state index is 0. The van der Waals surface area contributed by atoms with E-state index in [0.29, 0.717) is 5.16 Å². The van der Waals surface area contributed by atoms with E-state index in [1.54, 1.807) is 7.05 Å². The Labute approximate surface area is 79.8 Å². The monoisotopic (exact) mass is 156 g/mol. The number of aromatic nitrogens is 4. The Bertz CT molecular complexity index is 151. The Hall–Kier alpha value is 0.250. The maximum Gasteiger partial charge on any atom is 1.00 e. The molecule has 0 aliphatic carbocycles. The van der Waals surface area contributed by atoms with Crippen molar-refractivity contribution in [2.45, 2.75) is 5.16 Å². The van der Waals surface area contributed by atoms with Crippen LogP contribution in [0.3, 0.4) is 0 Å². The molecule has 0 bridgehead atoms. The molecule has 0 spiro atoms. The molecule has 0 aliphatic rings. The standard InChI is InChI=1S/C2H4N4S.Na.H2O/c1-6-2(7)3-4-5-6;;/h1H3,(H,3,5,7);;1H2/q;+1;/p-1. The summed E-state index contributed by atoms with van der Waals surface area (Å²) < 4.78 is 1.43. The number of hydrogen-bond acceptors (Lipinski definition) is 4. The second-order valence-electron chi connectivity index (χ2n) is 1.09. The van der Waals surface area contributed by atoms with E-state index in [-0.39, 0.29) is 35.0 Å². The van der Waals surface area contributed by atoms with E-state index in [1.807, 2.05) is 0 Å². The number of hydrogen-bond donors (Lipinski definition) is 0. The van der Waals surface area contributed by atoms with Gasteiger partial charge >= 0.3 is 29.6 Å². The van der Waals surface area contributed by atoms with Gasteiger partial charge in [0.2, 0.25) is 0 Å². The van der Waals surface area contributed by atoms with Crippen LogP contribution in [0.15, 0.2) is 5.16 Å². The third-order valence-corrected chi connectivity index (χ3v) is 0.927. The predicted molar refractivity (Wildman–Crippen MR) is 28.0 cm³/mol. The van der Waals surface area contributed by atoms with Gasteiger partial charge in [-0.2, -0.15) is 0 Å². The van der Waals surface area contributed by atoms with Gasteiger partial charge in [-0.05, 0) is 10.4 Å². The van der Waals surface area contributed by atoms with Crippen molar-refractivity contribution in [1.29, 1.82) is 0 Å². The molecule has 0 saturated heterocycles. The van der Waals surface area contributed by atoms with E-state index in [4.69, 9.17) is 0 Å². The van der Waals surface area contributed by atoms with Crippen LogP contribution in [-0.4, -0.2) is 25.7 Å². The molecule has 2 N–H and O–H groups in total. The number of nitrogens with zero attached hydrogens (tertiary/aromatic N) is 4. The first-order chi connectivity index (χ1) is 3.30. The van der Waals surface area contributed by atoms with Crippen LogP contribution < -0.4 is 29.6 Å². The van der Waals surface area contributed by atoms with Crippen molar-refractivity contribution in [3.8, 4) is 0 Å². The molecule has 46 valence electrons. The van der Waals surface area contributed by atoms with Gasteiger partial charge in [-0.25, -0.2) is 0 Å². The quantitative estimate of drug-likeness (QED) is 0.279. The first-order valence-electron chi connectivity index (χ1n) is 1.70. The van der Waals surface area contributed by atoms with Crippen LogP contribution in [0.25, 0.3) is 0 Å². The summed E-state index contributed by atoms with van der Waals surface area (Å²) in [5.74, 6) is 0. The largest absolute Gasteiger partial charge is 1.00 e. The molecule has 0 amide bonds. The van der Waals surface area contributed by atoms with Crippen molar-refractivity contribution >= 4 is 12.6 Å². The summed E-state index contributed by atoms with van der Waals surface area (Å²) in [5, 5.41) is 10.6. The summed E-state index contributed by atoms with van der Waals surface area (Å²) in [5.41, 5.74) is 0. The molecular weight excluding hydrogens is 151 g/mol. The first-order valence-corrected chi connectivity index (χ1v) is 2.11. The molecule has 0 unspecified atom stereocenters. The Kier molecular flexibility index (Phi) is 6.74. The van der Waals surface area contributed by atoms with Gasteiger partial charge in [0, 0.05) is 12.2 Å². The third-order valence-electron chi connectivity index (χ3n) is 0.581. The molecule has 0 fully saturated rings. The maximum absolute atomic E-state index is 4.61. The molecule has 1 aromatic rings. The van der Waals surface area contributed by atoms with Crippen LogP contribution in [0.4, 0.5) is 0 Å².